The lowest BCUT2D eigenvalue weighted by Crippen LogP contribution is -2.55. The van der Waals surface area contributed by atoms with E-state index in [4.69, 9.17) is 5.73 Å². The SMILES string of the molecule is CC(C)(CCC(=O)N(Cc1ccccc1)C1(C#N)CCNCC1)C(N)=O. The van der Waals surface area contributed by atoms with Gasteiger partial charge in [-0.15, -0.1) is 0 Å². The van der Waals surface area contributed by atoms with Gasteiger partial charge in [-0.2, -0.15) is 5.26 Å². The van der Waals surface area contributed by atoms with Crippen LogP contribution in [0.2, 0.25) is 0 Å². The van der Waals surface area contributed by atoms with Gasteiger partial charge in [-0.25, -0.2) is 0 Å². The van der Waals surface area contributed by atoms with Crippen molar-refractivity contribution in [1.29, 1.82) is 5.26 Å². The number of carbonyl (C=O) groups excluding carboxylic acids is 2. The number of hydrogen-bond acceptors (Lipinski definition) is 4. The van der Waals surface area contributed by atoms with Gasteiger partial charge in [-0.05, 0) is 37.9 Å². The molecule has 1 saturated heterocycles. The zero-order valence-corrected chi connectivity index (χ0v) is 15.6. The zero-order chi connectivity index (χ0) is 19.2. The minimum atomic E-state index is -0.810. The van der Waals surface area contributed by atoms with Gasteiger partial charge in [0.25, 0.3) is 0 Å². The van der Waals surface area contributed by atoms with E-state index in [1.54, 1.807) is 18.7 Å². The third kappa shape index (κ3) is 4.61. The highest BCUT2D eigenvalue weighted by Crippen LogP contribution is 2.30. The first kappa shape index (κ1) is 19.9. The van der Waals surface area contributed by atoms with E-state index in [0.29, 0.717) is 38.9 Å². The molecule has 1 aliphatic rings. The predicted molar refractivity (Wildman–Crippen MR) is 99.6 cm³/mol. The Hall–Kier alpha value is -2.39. The van der Waals surface area contributed by atoms with Crippen LogP contribution in [0.5, 0.6) is 0 Å². The van der Waals surface area contributed by atoms with Gasteiger partial charge < -0.3 is 16.0 Å². The molecule has 1 heterocycles. The molecule has 1 aromatic rings. The lowest BCUT2D eigenvalue weighted by Gasteiger charge is -2.42. The normalized spacial score (nSPS) is 16.5. The Morgan fingerprint density at radius 2 is 1.88 bits per heavy atom. The standard InChI is InChI=1S/C20H28N4O2/c1-19(2,18(22)26)9-8-17(25)24(14-16-6-4-3-5-7-16)20(15-21)10-12-23-13-11-20/h3-7,23H,8-14H2,1-2H3,(H2,22,26). The Kier molecular flexibility index (Phi) is 6.38. The number of hydrogen-bond donors (Lipinski definition) is 2. The van der Waals surface area contributed by atoms with Crippen LogP contribution in [0.1, 0.15) is 45.1 Å². The summed E-state index contributed by atoms with van der Waals surface area (Å²) in [4.78, 5) is 26.3. The van der Waals surface area contributed by atoms with Crippen LogP contribution >= 0.6 is 0 Å². The summed E-state index contributed by atoms with van der Waals surface area (Å²) in [6.07, 6.45) is 1.76. The largest absolute Gasteiger partial charge is 0.369 e. The van der Waals surface area contributed by atoms with Crippen LogP contribution in [0.3, 0.4) is 0 Å². The van der Waals surface area contributed by atoms with Crippen LogP contribution in [0.4, 0.5) is 0 Å². The highest BCUT2D eigenvalue weighted by atomic mass is 16.2. The van der Waals surface area contributed by atoms with Crippen LogP contribution in [0, 0.1) is 16.7 Å². The maximum atomic E-state index is 13.1. The molecule has 1 aromatic carbocycles. The number of benzene rings is 1. The molecule has 0 aliphatic carbocycles. The highest BCUT2D eigenvalue weighted by molar-refractivity contribution is 5.82. The van der Waals surface area contributed by atoms with Crippen molar-refractivity contribution in [2.24, 2.45) is 11.1 Å². The Labute approximate surface area is 155 Å². The molecule has 0 aromatic heterocycles. The first-order chi connectivity index (χ1) is 12.3. The maximum absolute atomic E-state index is 13.1. The Morgan fingerprint density at radius 3 is 2.42 bits per heavy atom. The summed E-state index contributed by atoms with van der Waals surface area (Å²) in [5.74, 6) is -0.525. The fraction of sp³-hybridized carbons (Fsp3) is 0.550. The highest BCUT2D eigenvalue weighted by Gasteiger charge is 2.41. The number of amides is 2. The van der Waals surface area contributed by atoms with E-state index in [2.05, 4.69) is 11.4 Å². The molecule has 3 N–H and O–H groups in total. The quantitative estimate of drug-likeness (QED) is 0.780. The number of nitrogens with two attached hydrogens (primary N) is 1. The molecule has 2 rings (SSSR count). The first-order valence-electron chi connectivity index (χ1n) is 9.07. The minimum Gasteiger partial charge on any atom is -0.369 e. The topological polar surface area (TPSA) is 99.2 Å². The molecule has 0 spiro atoms. The number of nitrogens with zero attached hydrogens (tertiary/aromatic N) is 2. The second-order valence-electron chi connectivity index (χ2n) is 7.61. The average molecular weight is 356 g/mol. The fourth-order valence-electron chi connectivity index (χ4n) is 3.20. The number of piperidine rings is 1. The van der Waals surface area contributed by atoms with Crippen LogP contribution in [0.25, 0.3) is 0 Å². The van der Waals surface area contributed by atoms with Crippen LogP contribution in [-0.4, -0.2) is 35.3 Å². The molecule has 0 radical (unpaired) electrons. The van der Waals surface area contributed by atoms with Crippen molar-refractivity contribution in [2.45, 2.75) is 51.6 Å². The number of nitriles is 1. The van der Waals surface area contributed by atoms with Gasteiger partial charge >= 0.3 is 0 Å². The van der Waals surface area contributed by atoms with Crippen molar-refractivity contribution < 1.29 is 9.59 Å². The molecule has 1 aliphatic heterocycles. The van der Waals surface area contributed by atoms with E-state index in [-0.39, 0.29) is 12.3 Å². The molecular formula is C20H28N4O2. The van der Waals surface area contributed by atoms with Gasteiger partial charge in [0.15, 0.2) is 0 Å². The third-order valence-electron chi connectivity index (χ3n) is 5.27. The molecule has 6 nitrogen and oxygen atoms in total. The van der Waals surface area contributed by atoms with Crippen molar-refractivity contribution in [3.63, 3.8) is 0 Å². The molecule has 0 unspecified atom stereocenters. The summed E-state index contributed by atoms with van der Waals surface area (Å²) < 4.78 is 0. The predicted octanol–water partition coefficient (Wildman–Crippen LogP) is 1.95. The molecule has 26 heavy (non-hydrogen) atoms. The monoisotopic (exact) mass is 356 g/mol. The maximum Gasteiger partial charge on any atom is 0.224 e. The van der Waals surface area contributed by atoms with Gasteiger partial charge in [0.1, 0.15) is 5.54 Å². The fourth-order valence-corrected chi connectivity index (χ4v) is 3.20. The van der Waals surface area contributed by atoms with E-state index in [9.17, 15) is 14.9 Å². The van der Waals surface area contributed by atoms with Gasteiger partial charge in [-0.1, -0.05) is 44.2 Å². The lowest BCUT2D eigenvalue weighted by molar-refractivity contribution is -0.138. The van der Waals surface area contributed by atoms with E-state index < -0.39 is 16.9 Å². The van der Waals surface area contributed by atoms with Gasteiger partial charge in [0, 0.05) is 18.4 Å². The Morgan fingerprint density at radius 1 is 1.27 bits per heavy atom. The molecule has 1 fully saturated rings. The number of rotatable bonds is 7. The summed E-state index contributed by atoms with van der Waals surface area (Å²) in [6.45, 7) is 5.30. The molecule has 2 amide bonds. The summed E-state index contributed by atoms with van der Waals surface area (Å²) in [6, 6.07) is 12.1. The van der Waals surface area contributed by atoms with E-state index >= 15 is 0 Å². The second-order valence-corrected chi connectivity index (χ2v) is 7.61. The van der Waals surface area contributed by atoms with E-state index in [1.165, 1.54) is 0 Å². The molecule has 6 heteroatoms. The molecule has 0 atom stereocenters. The molecule has 0 saturated carbocycles. The Bertz CT molecular complexity index is 673. The molecule has 140 valence electrons. The summed E-state index contributed by atoms with van der Waals surface area (Å²) in [5, 5.41) is 13.2. The summed E-state index contributed by atoms with van der Waals surface area (Å²) >= 11 is 0. The van der Waals surface area contributed by atoms with E-state index in [1.807, 2.05) is 30.3 Å². The number of primary amides is 1. The van der Waals surface area contributed by atoms with E-state index in [0.717, 1.165) is 5.56 Å². The summed E-state index contributed by atoms with van der Waals surface area (Å²) in [7, 11) is 0. The molecule has 0 bridgehead atoms. The smallest absolute Gasteiger partial charge is 0.224 e. The van der Waals surface area contributed by atoms with Gasteiger partial charge in [0.2, 0.25) is 11.8 Å². The molecular weight excluding hydrogens is 328 g/mol. The number of carbonyl (C=O) groups is 2. The van der Waals surface area contributed by atoms with Crippen molar-refractivity contribution >= 4 is 11.8 Å². The van der Waals surface area contributed by atoms with Crippen molar-refractivity contribution in [3.8, 4) is 6.07 Å². The van der Waals surface area contributed by atoms with Crippen LogP contribution < -0.4 is 11.1 Å². The van der Waals surface area contributed by atoms with Crippen molar-refractivity contribution in [1.82, 2.24) is 10.2 Å². The summed E-state index contributed by atoms with van der Waals surface area (Å²) in [5.41, 5.74) is 4.86. The number of nitrogens with one attached hydrogen (secondary N) is 1. The zero-order valence-electron chi connectivity index (χ0n) is 15.6. The van der Waals surface area contributed by atoms with Crippen LogP contribution in [0.15, 0.2) is 30.3 Å². The lowest BCUT2D eigenvalue weighted by atomic mass is 9.84. The third-order valence-corrected chi connectivity index (χ3v) is 5.27. The van der Waals surface area contributed by atoms with Crippen molar-refractivity contribution in [2.75, 3.05) is 13.1 Å². The van der Waals surface area contributed by atoms with Crippen molar-refractivity contribution in [3.05, 3.63) is 35.9 Å². The first-order valence-corrected chi connectivity index (χ1v) is 9.07. The van der Waals surface area contributed by atoms with Gasteiger partial charge in [0.05, 0.1) is 6.07 Å². The van der Waals surface area contributed by atoms with Gasteiger partial charge in [-0.3, -0.25) is 9.59 Å². The minimum absolute atomic E-state index is 0.105. The average Bonchev–Trinajstić information content (AvgIpc) is 2.65. The van der Waals surface area contributed by atoms with Crippen LogP contribution in [-0.2, 0) is 16.1 Å². The Balaban J connectivity index is 2.23. The second kappa shape index (κ2) is 8.33.